The molecule has 1 fully saturated rings. The van der Waals surface area contributed by atoms with Gasteiger partial charge in [-0.2, -0.15) is 0 Å². The van der Waals surface area contributed by atoms with Crippen LogP contribution in [0.5, 0.6) is 5.75 Å². The Balaban J connectivity index is 1.55. The summed E-state index contributed by atoms with van der Waals surface area (Å²) in [7, 11) is 0. The molecule has 1 aliphatic carbocycles. The smallest absolute Gasteiger partial charge is 0.357 e. The van der Waals surface area contributed by atoms with Crippen LogP contribution in [0.15, 0.2) is 30.3 Å². The molecule has 0 radical (unpaired) electrons. The Morgan fingerprint density at radius 3 is 2.50 bits per heavy atom. The van der Waals surface area contributed by atoms with Crippen LogP contribution in [-0.4, -0.2) is 36.1 Å². The number of ether oxygens (including phenoxy) is 4. The predicted octanol–water partition coefficient (Wildman–Crippen LogP) is 3.50. The lowest BCUT2D eigenvalue weighted by Crippen LogP contribution is -2.37. The van der Waals surface area contributed by atoms with Gasteiger partial charge in [-0.05, 0) is 51.7 Å². The number of hydrogen-bond donors (Lipinski definition) is 0. The molecule has 0 atom stereocenters. The summed E-state index contributed by atoms with van der Waals surface area (Å²) in [4.78, 5) is 11.6. The van der Waals surface area contributed by atoms with E-state index in [1.807, 2.05) is 51.1 Å². The van der Waals surface area contributed by atoms with Gasteiger partial charge in [0.1, 0.15) is 18.0 Å². The van der Waals surface area contributed by atoms with Gasteiger partial charge in [-0.15, -0.1) is 0 Å². The number of rotatable bonds is 6. The highest BCUT2D eigenvalue weighted by Gasteiger charge is 2.31. The Labute approximate surface area is 148 Å². The summed E-state index contributed by atoms with van der Waals surface area (Å²) in [6.45, 7) is 6.00. The van der Waals surface area contributed by atoms with Crippen molar-refractivity contribution in [2.45, 2.75) is 45.3 Å². The van der Waals surface area contributed by atoms with E-state index in [1.165, 1.54) is 0 Å². The zero-order chi connectivity index (χ0) is 17.6. The van der Waals surface area contributed by atoms with Crippen molar-refractivity contribution >= 4 is 23.4 Å². The van der Waals surface area contributed by atoms with Gasteiger partial charge < -0.3 is 18.9 Å². The van der Waals surface area contributed by atoms with E-state index in [0.29, 0.717) is 18.3 Å². The van der Waals surface area contributed by atoms with Crippen molar-refractivity contribution in [1.29, 1.82) is 0 Å². The van der Waals surface area contributed by atoms with Crippen LogP contribution in [0.3, 0.4) is 0 Å². The van der Waals surface area contributed by atoms with E-state index in [1.54, 1.807) is 0 Å². The Bertz CT molecular complexity index is 546. The van der Waals surface area contributed by atoms with Gasteiger partial charge >= 0.3 is 11.2 Å². The quantitative estimate of drug-likeness (QED) is 0.577. The van der Waals surface area contributed by atoms with Crippen LogP contribution >= 0.6 is 12.2 Å². The molecule has 2 rings (SSSR count). The van der Waals surface area contributed by atoms with Crippen molar-refractivity contribution in [3.63, 3.8) is 0 Å². The molecule has 0 bridgehead atoms. The van der Waals surface area contributed by atoms with Crippen molar-refractivity contribution in [2.24, 2.45) is 5.92 Å². The highest BCUT2D eigenvalue weighted by atomic mass is 32.1. The van der Waals surface area contributed by atoms with Crippen LogP contribution in [0.1, 0.15) is 33.6 Å². The molecule has 0 aliphatic heterocycles. The Morgan fingerprint density at radius 2 is 1.88 bits per heavy atom. The molecular formula is C18H24O5S. The van der Waals surface area contributed by atoms with E-state index in [0.717, 1.165) is 12.8 Å². The molecule has 0 aromatic heterocycles. The van der Waals surface area contributed by atoms with Gasteiger partial charge in [0.2, 0.25) is 0 Å². The van der Waals surface area contributed by atoms with Crippen LogP contribution in [-0.2, 0) is 19.0 Å². The monoisotopic (exact) mass is 352 g/mol. The highest BCUT2D eigenvalue weighted by Crippen LogP contribution is 2.30. The number of benzene rings is 1. The third kappa shape index (κ3) is 6.84. The minimum absolute atomic E-state index is 0.00888. The SMILES string of the molecule is CC(C)(C)OC(=O)COC1CC(COC(=S)Oc2ccccc2)C1. The van der Waals surface area contributed by atoms with Crippen LogP contribution in [0.2, 0.25) is 0 Å². The van der Waals surface area contributed by atoms with E-state index in [9.17, 15) is 4.79 Å². The normalized spacial score (nSPS) is 20.0. The average Bonchev–Trinajstić information content (AvgIpc) is 2.44. The van der Waals surface area contributed by atoms with Gasteiger partial charge in [-0.3, -0.25) is 0 Å². The Morgan fingerprint density at radius 1 is 1.21 bits per heavy atom. The maximum absolute atomic E-state index is 11.6. The number of esters is 1. The molecule has 1 aliphatic rings. The summed E-state index contributed by atoms with van der Waals surface area (Å²) in [5, 5.41) is 0.124. The predicted molar refractivity (Wildman–Crippen MR) is 93.9 cm³/mol. The van der Waals surface area contributed by atoms with Crippen LogP contribution < -0.4 is 4.74 Å². The third-order valence-corrected chi connectivity index (χ3v) is 3.63. The molecule has 0 amide bonds. The lowest BCUT2D eigenvalue weighted by molar-refractivity contribution is -0.165. The van der Waals surface area contributed by atoms with E-state index in [2.05, 4.69) is 0 Å². The molecule has 5 nitrogen and oxygen atoms in total. The lowest BCUT2D eigenvalue weighted by Gasteiger charge is -2.34. The molecule has 0 spiro atoms. The zero-order valence-electron chi connectivity index (χ0n) is 14.3. The second-order valence-electron chi connectivity index (χ2n) is 6.83. The number of hydrogen-bond acceptors (Lipinski definition) is 6. The average molecular weight is 352 g/mol. The van der Waals surface area contributed by atoms with Crippen molar-refractivity contribution in [2.75, 3.05) is 13.2 Å². The van der Waals surface area contributed by atoms with Gasteiger partial charge in [-0.1, -0.05) is 18.2 Å². The molecule has 6 heteroatoms. The standard InChI is InChI=1S/C18H24O5S/c1-18(2,3)23-16(19)12-20-15-9-13(10-15)11-21-17(24)22-14-7-5-4-6-8-14/h4-8,13,15H,9-12H2,1-3H3. The maximum Gasteiger partial charge on any atom is 0.357 e. The number of carbonyl (C=O) groups excluding carboxylic acids is 1. The summed E-state index contributed by atoms with van der Waals surface area (Å²) in [5.74, 6) is 0.695. The maximum atomic E-state index is 11.6. The summed E-state index contributed by atoms with van der Waals surface area (Å²) in [6.07, 6.45) is 1.77. The number of para-hydroxylation sites is 1. The first-order valence-corrected chi connectivity index (χ1v) is 8.46. The summed E-state index contributed by atoms with van der Waals surface area (Å²) >= 11 is 5.05. The first kappa shape index (κ1) is 18.7. The van der Waals surface area contributed by atoms with Crippen molar-refractivity contribution in [1.82, 2.24) is 0 Å². The van der Waals surface area contributed by atoms with Crippen LogP contribution in [0.25, 0.3) is 0 Å². The summed E-state index contributed by atoms with van der Waals surface area (Å²) in [6, 6.07) is 9.29. The van der Waals surface area contributed by atoms with Gasteiger partial charge in [-0.25, -0.2) is 4.79 Å². The Kier molecular flexibility index (Phi) is 6.57. The first-order chi connectivity index (χ1) is 11.3. The van der Waals surface area contributed by atoms with Gasteiger partial charge in [0.05, 0.1) is 12.7 Å². The van der Waals surface area contributed by atoms with Crippen LogP contribution in [0.4, 0.5) is 0 Å². The van der Waals surface area contributed by atoms with E-state index in [4.69, 9.17) is 31.2 Å². The van der Waals surface area contributed by atoms with E-state index >= 15 is 0 Å². The van der Waals surface area contributed by atoms with Crippen LogP contribution in [0, 0.1) is 5.92 Å². The molecule has 0 N–H and O–H groups in total. The van der Waals surface area contributed by atoms with E-state index in [-0.39, 0.29) is 23.9 Å². The second-order valence-corrected chi connectivity index (χ2v) is 7.17. The molecule has 24 heavy (non-hydrogen) atoms. The second kappa shape index (κ2) is 8.44. The van der Waals surface area contributed by atoms with Crippen molar-refractivity contribution < 1.29 is 23.7 Å². The molecule has 132 valence electrons. The van der Waals surface area contributed by atoms with Crippen molar-refractivity contribution in [3.8, 4) is 5.75 Å². The summed E-state index contributed by atoms with van der Waals surface area (Å²) in [5.41, 5.74) is -0.481. The zero-order valence-corrected chi connectivity index (χ0v) is 15.1. The highest BCUT2D eigenvalue weighted by molar-refractivity contribution is 7.79. The van der Waals surface area contributed by atoms with Crippen molar-refractivity contribution in [3.05, 3.63) is 30.3 Å². The lowest BCUT2D eigenvalue weighted by atomic mass is 9.83. The molecule has 1 aromatic carbocycles. The van der Waals surface area contributed by atoms with E-state index < -0.39 is 5.60 Å². The summed E-state index contributed by atoms with van der Waals surface area (Å²) < 4.78 is 21.6. The molecule has 0 saturated heterocycles. The molecule has 1 saturated carbocycles. The fourth-order valence-corrected chi connectivity index (χ4v) is 2.47. The third-order valence-electron chi connectivity index (χ3n) is 3.43. The fourth-order valence-electron chi connectivity index (χ4n) is 2.30. The topological polar surface area (TPSA) is 54.0 Å². The molecule has 1 aromatic rings. The largest absolute Gasteiger partial charge is 0.458 e. The van der Waals surface area contributed by atoms with Gasteiger partial charge in [0.25, 0.3) is 0 Å². The van der Waals surface area contributed by atoms with Gasteiger partial charge in [0.15, 0.2) is 0 Å². The van der Waals surface area contributed by atoms with Gasteiger partial charge in [0, 0.05) is 12.2 Å². The fraction of sp³-hybridized carbons (Fsp3) is 0.556. The minimum Gasteiger partial charge on any atom is -0.458 e. The molecule has 0 unspecified atom stereocenters. The Hall–Kier alpha value is -1.66. The minimum atomic E-state index is -0.481. The molecule has 0 heterocycles. The molecular weight excluding hydrogens is 328 g/mol. The first-order valence-electron chi connectivity index (χ1n) is 8.05. The number of thiocarbonyl (C=S) groups is 1. The number of carbonyl (C=O) groups is 1.